The Labute approximate surface area is 174 Å². The SMILES string of the molecule is CC(C)(C)OC(=O)NCCC(=O)NC1CCN(C(=O)c2cccc(Br)c2)CC1. The number of hydrogen-bond donors (Lipinski definition) is 2. The van der Waals surface area contributed by atoms with E-state index in [0.717, 1.165) is 4.47 Å². The number of ether oxygens (including phenoxy) is 1. The van der Waals surface area contributed by atoms with Crippen molar-refractivity contribution in [3.8, 4) is 0 Å². The second kappa shape index (κ2) is 9.91. The third-order valence-corrected chi connectivity index (χ3v) is 4.73. The van der Waals surface area contributed by atoms with Gasteiger partial charge in [0.1, 0.15) is 5.60 Å². The zero-order valence-electron chi connectivity index (χ0n) is 16.6. The van der Waals surface area contributed by atoms with Crippen LogP contribution in [-0.2, 0) is 9.53 Å². The van der Waals surface area contributed by atoms with Gasteiger partial charge in [0.2, 0.25) is 5.91 Å². The first-order valence-corrected chi connectivity index (χ1v) is 10.2. The van der Waals surface area contributed by atoms with E-state index in [9.17, 15) is 14.4 Å². The molecule has 0 atom stereocenters. The van der Waals surface area contributed by atoms with Crippen molar-refractivity contribution in [1.29, 1.82) is 0 Å². The largest absolute Gasteiger partial charge is 0.444 e. The molecular formula is C20H28BrN3O4. The molecule has 1 aromatic rings. The fourth-order valence-electron chi connectivity index (χ4n) is 2.92. The van der Waals surface area contributed by atoms with Crippen LogP contribution in [-0.4, -0.2) is 54.1 Å². The molecule has 8 heteroatoms. The van der Waals surface area contributed by atoms with Crippen molar-refractivity contribution < 1.29 is 19.1 Å². The highest BCUT2D eigenvalue weighted by molar-refractivity contribution is 9.10. The highest BCUT2D eigenvalue weighted by Gasteiger charge is 2.24. The van der Waals surface area contributed by atoms with Crippen LogP contribution in [0.15, 0.2) is 28.7 Å². The Kier molecular flexibility index (Phi) is 7.86. The molecule has 0 aliphatic carbocycles. The molecule has 1 aliphatic rings. The van der Waals surface area contributed by atoms with Crippen LogP contribution in [0.25, 0.3) is 0 Å². The van der Waals surface area contributed by atoms with E-state index in [1.54, 1.807) is 26.8 Å². The average molecular weight is 454 g/mol. The maximum atomic E-state index is 12.6. The van der Waals surface area contributed by atoms with Gasteiger partial charge in [-0.3, -0.25) is 9.59 Å². The van der Waals surface area contributed by atoms with E-state index in [4.69, 9.17) is 4.74 Å². The molecule has 7 nitrogen and oxygen atoms in total. The molecule has 2 rings (SSSR count). The molecule has 154 valence electrons. The normalized spacial score (nSPS) is 15.1. The number of hydrogen-bond acceptors (Lipinski definition) is 4. The zero-order valence-corrected chi connectivity index (χ0v) is 18.2. The van der Waals surface area contributed by atoms with Crippen LogP contribution in [0.2, 0.25) is 0 Å². The number of piperidine rings is 1. The number of amides is 3. The number of carbonyl (C=O) groups is 3. The highest BCUT2D eigenvalue weighted by Crippen LogP contribution is 2.17. The molecule has 0 radical (unpaired) electrons. The summed E-state index contributed by atoms with van der Waals surface area (Å²) in [6.45, 7) is 6.78. The summed E-state index contributed by atoms with van der Waals surface area (Å²) < 4.78 is 6.00. The van der Waals surface area contributed by atoms with Gasteiger partial charge < -0.3 is 20.3 Å². The minimum Gasteiger partial charge on any atom is -0.444 e. The maximum Gasteiger partial charge on any atom is 0.407 e. The van der Waals surface area contributed by atoms with E-state index in [2.05, 4.69) is 26.6 Å². The van der Waals surface area contributed by atoms with Crippen molar-refractivity contribution in [3.05, 3.63) is 34.3 Å². The van der Waals surface area contributed by atoms with Crippen LogP contribution >= 0.6 is 15.9 Å². The van der Waals surface area contributed by atoms with Crippen molar-refractivity contribution in [2.45, 2.75) is 51.7 Å². The Morgan fingerprint density at radius 1 is 1.21 bits per heavy atom. The number of benzene rings is 1. The molecule has 0 aromatic heterocycles. The Morgan fingerprint density at radius 3 is 2.50 bits per heavy atom. The van der Waals surface area contributed by atoms with Gasteiger partial charge in [0, 0.05) is 42.1 Å². The van der Waals surface area contributed by atoms with Crippen molar-refractivity contribution in [2.24, 2.45) is 0 Å². The highest BCUT2D eigenvalue weighted by atomic mass is 79.9. The van der Waals surface area contributed by atoms with Gasteiger partial charge in [-0.05, 0) is 51.8 Å². The minimum absolute atomic E-state index is 0.00707. The molecule has 2 N–H and O–H groups in total. The lowest BCUT2D eigenvalue weighted by molar-refractivity contribution is -0.121. The molecule has 0 bridgehead atoms. The first-order valence-electron chi connectivity index (χ1n) is 9.45. The van der Waals surface area contributed by atoms with Gasteiger partial charge in [-0.2, -0.15) is 0 Å². The van der Waals surface area contributed by atoms with E-state index in [1.165, 1.54) is 0 Å². The summed E-state index contributed by atoms with van der Waals surface area (Å²) in [6.07, 6.45) is 1.09. The molecule has 3 amide bonds. The molecule has 28 heavy (non-hydrogen) atoms. The lowest BCUT2D eigenvalue weighted by Gasteiger charge is -2.32. The van der Waals surface area contributed by atoms with Crippen molar-refractivity contribution in [2.75, 3.05) is 19.6 Å². The molecule has 1 aliphatic heterocycles. The molecule has 1 heterocycles. The number of carbonyl (C=O) groups excluding carboxylic acids is 3. The predicted molar refractivity (Wildman–Crippen MR) is 110 cm³/mol. The van der Waals surface area contributed by atoms with Crippen LogP contribution in [0.3, 0.4) is 0 Å². The van der Waals surface area contributed by atoms with Gasteiger partial charge in [0.05, 0.1) is 0 Å². The molecule has 0 spiro atoms. The molecule has 1 saturated heterocycles. The number of alkyl carbamates (subject to hydrolysis) is 1. The average Bonchev–Trinajstić information content (AvgIpc) is 2.60. The third kappa shape index (κ3) is 7.50. The topological polar surface area (TPSA) is 87.7 Å². The van der Waals surface area contributed by atoms with Crippen LogP contribution in [0.1, 0.15) is 50.4 Å². The molecular weight excluding hydrogens is 426 g/mol. The maximum absolute atomic E-state index is 12.6. The number of nitrogens with one attached hydrogen (secondary N) is 2. The molecule has 0 saturated carbocycles. The van der Waals surface area contributed by atoms with Crippen molar-refractivity contribution >= 4 is 33.8 Å². The monoisotopic (exact) mass is 453 g/mol. The summed E-state index contributed by atoms with van der Waals surface area (Å²) in [7, 11) is 0. The van der Waals surface area contributed by atoms with Crippen LogP contribution in [0.5, 0.6) is 0 Å². The minimum atomic E-state index is -0.562. The van der Waals surface area contributed by atoms with Gasteiger partial charge in [-0.1, -0.05) is 22.0 Å². The van der Waals surface area contributed by atoms with E-state index >= 15 is 0 Å². The van der Waals surface area contributed by atoms with Gasteiger partial charge in [-0.15, -0.1) is 0 Å². The Bertz CT molecular complexity index is 710. The Morgan fingerprint density at radius 2 is 1.89 bits per heavy atom. The van der Waals surface area contributed by atoms with Crippen LogP contribution in [0.4, 0.5) is 4.79 Å². The van der Waals surface area contributed by atoms with Gasteiger partial charge in [-0.25, -0.2) is 4.79 Å². The fraction of sp³-hybridized carbons (Fsp3) is 0.550. The standard InChI is InChI=1S/C20H28BrN3O4/c1-20(2,3)28-19(27)22-10-7-17(25)23-16-8-11-24(12-9-16)18(26)14-5-4-6-15(21)13-14/h4-6,13,16H,7-12H2,1-3H3,(H,22,27)(H,23,25). The molecule has 0 unspecified atom stereocenters. The smallest absolute Gasteiger partial charge is 0.407 e. The predicted octanol–water partition coefficient (Wildman–Crippen LogP) is 3.08. The van der Waals surface area contributed by atoms with Gasteiger partial charge >= 0.3 is 6.09 Å². The number of halogens is 1. The van der Waals surface area contributed by atoms with Crippen molar-refractivity contribution in [3.63, 3.8) is 0 Å². The molecule has 1 fully saturated rings. The summed E-state index contributed by atoms with van der Waals surface area (Å²) in [6, 6.07) is 7.39. The summed E-state index contributed by atoms with van der Waals surface area (Å²) in [5.74, 6) is -0.111. The van der Waals surface area contributed by atoms with E-state index in [1.807, 2.05) is 23.1 Å². The molecule has 1 aromatic carbocycles. The summed E-state index contributed by atoms with van der Waals surface area (Å²) in [5.41, 5.74) is 0.0956. The van der Waals surface area contributed by atoms with Crippen molar-refractivity contribution in [1.82, 2.24) is 15.5 Å². The number of likely N-dealkylation sites (tertiary alicyclic amines) is 1. The van der Waals surface area contributed by atoms with Gasteiger partial charge in [0.25, 0.3) is 5.91 Å². The first-order chi connectivity index (χ1) is 13.1. The quantitative estimate of drug-likeness (QED) is 0.716. The second-order valence-electron chi connectivity index (χ2n) is 7.82. The Balaban J connectivity index is 1.68. The van der Waals surface area contributed by atoms with Crippen LogP contribution in [0, 0.1) is 0 Å². The van der Waals surface area contributed by atoms with E-state index in [-0.39, 0.29) is 30.8 Å². The third-order valence-electron chi connectivity index (χ3n) is 4.24. The number of rotatable bonds is 5. The lowest BCUT2D eigenvalue weighted by Crippen LogP contribution is -2.47. The Hall–Kier alpha value is -2.09. The fourth-order valence-corrected chi connectivity index (χ4v) is 3.32. The number of nitrogens with zero attached hydrogens (tertiary/aromatic N) is 1. The second-order valence-corrected chi connectivity index (χ2v) is 8.74. The van der Waals surface area contributed by atoms with Gasteiger partial charge in [0.15, 0.2) is 0 Å². The van der Waals surface area contributed by atoms with Crippen LogP contribution < -0.4 is 10.6 Å². The summed E-state index contributed by atoms with van der Waals surface area (Å²) >= 11 is 3.38. The zero-order chi connectivity index (χ0) is 20.7. The first kappa shape index (κ1) is 22.2. The lowest BCUT2D eigenvalue weighted by atomic mass is 10.0. The summed E-state index contributed by atoms with van der Waals surface area (Å²) in [4.78, 5) is 38.0. The van der Waals surface area contributed by atoms with E-state index in [0.29, 0.717) is 31.5 Å². The van der Waals surface area contributed by atoms with E-state index < -0.39 is 11.7 Å². The summed E-state index contributed by atoms with van der Waals surface area (Å²) in [5, 5.41) is 5.55.